The topological polar surface area (TPSA) is 78.4 Å². The number of aromatic carboxylic acids is 1. The van der Waals surface area contributed by atoms with Crippen LogP contribution in [0.4, 0.5) is 14.9 Å². The summed E-state index contributed by atoms with van der Waals surface area (Å²) < 4.78 is 13.1. The lowest BCUT2D eigenvalue weighted by Gasteiger charge is -2.11. The second-order valence-corrected chi connectivity index (χ2v) is 4.35. The SMILES string of the molecule is CCC(C)CNC(=O)Nc1ccc(F)c(C(=O)O)c1. The average Bonchev–Trinajstić information content (AvgIpc) is 2.37. The molecule has 1 aromatic rings. The van der Waals surface area contributed by atoms with Gasteiger partial charge in [-0.3, -0.25) is 0 Å². The van der Waals surface area contributed by atoms with Crippen molar-refractivity contribution in [3.63, 3.8) is 0 Å². The van der Waals surface area contributed by atoms with Crippen LogP contribution in [0.3, 0.4) is 0 Å². The van der Waals surface area contributed by atoms with E-state index in [1.54, 1.807) is 0 Å². The molecule has 19 heavy (non-hydrogen) atoms. The monoisotopic (exact) mass is 268 g/mol. The summed E-state index contributed by atoms with van der Waals surface area (Å²) in [7, 11) is 0. The number of hydrogen-bond acceptors (Lipinski definition) is 2. The summed E-state index contributed by atoms with van der Waals surface area (Å²) in [5.41, 5.74) is -0.236. The van der Waals surface area contributed by atoms with E-state index in [2.05, 4.69) is 10.6 Å². The average molecular weight is 268 g/mol. The number of urea groups is 1. The number of hydrogen-bond donors (Lipinski definition) is 3. The molecule has 1 aromatic carbocycles. The van der Waals surface area contributed by atoms with E-state index < -0.39 is 23.4 Å². The molecule has 0 spiro atoms. The van der Waals surface area contributed by atoms with Crippen LogP contribution in [0.1, 0.15) is 30.6 Å². The Morgan fingerprint density at radius 1 is 1.42 bits per heavy atom. The number of carbonyl (C=O) groups is 2. The van der Waals surface area contributed by atoms with Crippen molar-refractivity contribution in [1.82, 2.24) is 5.32 Å². The first kappa shape index (κ1) is 14.9. The molecule has 6 heteroatoms. The predicted octanol–water partition coefficient (Wildman–Crippen LogP) is 2.69. The molecular formula is C13H17FN2O3. The van der Waals surface area contributed by atoms with Crippen molar-refractivity contribution in [2.75, 3.05) is 11.9 Å². The van der Waals surface area contributed by atoms with E-state index in [0.29, 0.717) is 12.5 Å². The maximum Gasteiger partial charge on any atom is 0.338 e. The van der Waals surface area contributed by atoms with Crippen molar-refractivity contribution < 1.29 is 19.1 Å². The molecule has 1 atom stereocenters. The maximum absolute atomic E-state index is 13.1. The maximum atomic E-state index is 13.1. The molecule has 0 saturated carbocycles. The molecule has 104 valence electrons. The number of rotatable bonds is 5. The van der Waals surface area contributed by atoms with Gasteiger partial charge in [-0.2, -0.15) is 0 Å². The minimum atomic E-state index is -1.37. The van der Waals surface area contributed by atoms with E-state index >= 15 is 0 Å². The van der Waals surface area contributed by atoms with Crippen LogP contribution in [0, 0.1) is 11.7 Å². The lowest BCUT2D eigenvalue weighted by Crippen LogP contribution is -2.32. The normalized spacial score (nSPS) is 11.7. The van der Waals surface area contributed by atoms with Gasteiger partial charge in [0.15, 0.2) is 0 Å². The van der Waals surface area contributed by atoms with E-state index in [4.69, 9.17) is 5.11 Å². The number of benzene rings is 1. The Bertz CT molecular complexity index is 477. The first-order valence-electron chi connectivity index (χ1n) is 6.01. The van der Waals surface area contributed by atoms with Crippen molar-refractivity contribution in [2.45, 2.75) is 20.3 Å². The molecule has 0 aromatic heterocycles. The summed E-state index contributed by atoms with van der Waals surface area (Å²) in [6, 6.07) is 2.96. The zero-order chi connectivity index (χ0) is 14.4. The van der Waals surface area contributed by atoms with Gasteiger partial charge in [0.25, 0.3) is 0 Å². The summed E-state index contributed by atoms with van der Waals surface area (Å²) >= 11 is 0. The number of amides is 2. The molecule has 0 aliphatic carbocycles. The molecule has 0 heterocycles. The van der Waals surface area contributed by atoms with E-state index in [-0.39, 0.29) is 5.69 Å². The van der Waals surface area contributed by atoms with Crippen molar-refractivity contribution in [1.29, 1.82) is 0 Å². The van der Waals surface area contributed by atoms with Gasteiger partial charge in [-0.25, -0.2) is 14.0 Å². The number of nitrogens with one attached hydrogen (secondary N) is 2. The van der Waals surface area contributed by atoms with Crippen LogP contribution in [-0.2, 0) is 0 Å². The molecule has 1 rings (SSSR count). The van der Waals surface area contributed by atoms with E-state index in [1.165, 1.54) is 6.07 Å². The highest BCUT2D eigenvalue weighted by atomic mass is 19.1. The van der Waals surface area contributed by atoms with Gasteiger partial charge in [-0.15, -0.1) is 0 Å². The fourth-order valence-electron chi connectivity index (χ4n) is 1.35. The third-order valence-corrected chi connectivity index (χ3v) is 2.76. The molecule has 3 N–H and O–H groups in total. The molecule has 2 amide bonds. The van der Waals surface area contributed by atoms with Crippen molar-refractivity contribution >= 4 is 17.7 Å². The Labute approximate surface area is 110 Å². The highest BCUT2D eigenvalue weighted by Crippen LogP contribution is 2.14. The molecule has 0 aliphatic heterocycles. The Kier molecular flexibility index (Phi) is 5.29. The fourth-order valence-corrected chi connectivity index (χ4v) is 1.35. The van der Waals surface area contributed by atoms with E-state index in [9.17, 15) is 14.0 Å². The lowest BCUT2D eigenvalue weighted by molar-refractivity contribution is 0.0692. The van der Waals surface area contributed by atoms with E-state index in [0.717, 1.165) is 18.6 Å². The van der Waals surface area contributed by atoms with Crippen LogP contribution in [0.5, 0.6) is 0 Å². The highest BCUT2D eigenvalue weighted by Gasteiger charge is 2.12. The van der Waals surface area contributed by atoms with E-state index in [1.807, 2.05) is 13.8 Å². The molecule has 0 radical (unpaired) electrons. The summed E-state index contributed by atoms with van der Waals surface area (Å²) in [5, 5.41) is 13.9. The summed E-state index contributed by atoms with van der Waals surface area (Å²) in [6.07, 6.45) is 0.944. The van der Waals surface area contributed by atoms with Crippen molar-refractivity contribution in [3.05, 3.63) is 29.6 Å². The molecule has 0 fully saturated rings. The number of carbonyl (C=O) groups excluding carboxylic acids is 1. The molecule has 0 aliphatic rings. The predicted molar refractivity (Wildman–Crippen MR) is 69.8 cm³/mol. The van der Waals surface area contributed by atoms with Crippen molar-refractivity contribution in [2.24, 2.45) is 5.92 Å². The van der Waals surface area contributed by atoms with Crippen LogP contribution in [-0.4, -0.2) is 23.7 Å². The molecule has 0 saturated heterocycles. The highest BCUT2D eigenvalue weighted by molar-refractivity contribution is 5.93. The zero-order valence-electron chi connectivity index (χ0n) is 10.9. The minimum Gasteiger partial charge on any atom is -0.478 e. The quantitative estimate of drug-likeness (QED) is 0.768. The molecular weight excluding hydrogens is 251 g/mol. The first-order chi connectivity index (χ1) is 8.93. The van der Waals surface area contributed by atoms with Crippen LogP contribution in [0.15, 0.2) is 18.2 Å². The summed E-state index contributed by atoms with van der Waals surface area (Å²) in [4.78, 5) is 22.3. The van der Waals surface area contributed by atoms with Gasteiger partial charge in [-0.1, -0.05) is 20.3 Å². The number of carboxylic acids is 1. The summed E-state index contributed by atoms with van der Waals surface area (Å²) in [5.74, 6) is -1.85. The smallest absolute Gasteiger partial charge is 0.338 e. The van der Waals surface area contributed by atoms with Gasteiger partial charge in [0.05, 0.1) is 5.56 Å². The Hall–Kier alpha value is -2.11. The molecule has 1 unspecified atom stereocenters. The van der Waals surface area contributed by atoms with Gasteiger partial charge in [0, 0.05) is 12.2 Å². The number of halogens is 1. The van der Waals surface area contributed by atoms with Crippen LogP contribution in [0.2, 0.25) is 0 Å². The second kappa shape index (κ2) is 6.72. The Balaban J connectivity index is 2.64. The van der Waals surface area contributed by atoms with Gasteiger partial charge in [0.1, 0.15) is 5.82 Å². The minimum absolute atomic E-state index is 0.237. The van der Waals surface area contributed by atoms with Crippen molar-refractivity contribution in [3.8, 4) is 0 Å². The number of carboxylic acid groups (broad SMARTS) is 1. The number of anilines is 1. The third-order valence-electron chi connectivity index (χ3n) is 2.76. The third kappa shape index (κ3) is 4.57. The Morgan fingerprint density at radius 2 is 2.11 bits per heavy atom. The molecule has 5 nitrogen and oxygen atoms in total. The van der Waals surface area contributed by atoms with Gasteiger partial charge < -0.3 is 15.7 Å². The Morgan fingerprint density at radius 3 is 2.68 bits per heavy atom. The largest absolute Gasteiger partial charge is 0.478 e. The van der Waals surface area contributed by atoms with Crippen LogP contribution < -0.4 is 10.6 Å². The second-order valence-electron chi connectivity index (χ2n) is 4.35. The fraction of sp³-hybridized carbons (Fsp3) is 0.385. The summed E-state index contributed by atoms with van der Waals surface area (Å²) in [6.45, 7) is 4.54. The standard InChI is InChI=1S/C13H17FN2O3/c1-3-8(2)7-15-13(19)16-9-4-5-11(14)10(6-9)12(17)18/h4-6,8H,3,7H2,1-2H3,(H,17,18)(H2,15,16,19). The molecule has 0 bridgehead atoms. The van der Waals surface area contributed by atoms with Crippen LogP contribution >= 0.6 is 0 Å². The zero-order valence-corrected chi connectivity index (χ0v) is 10.9. The van der Waals surface area contributed by atoms with Gasteiger partial charge in [0.2, 0.25) is 0 Å². The lowest BCUT2D eigenvalue weighted by atomic mass is 10.1. The van der Waals surface area contributed by atoms with Gasteiger partial charge in [-0.05, 0) is 24.1 Å². The first-order valence-corrected chi connectivity index (χ1v) is 6.01. The van der Waals surface area contributed by atoms with Crippen LogP contribution in [0.25, 0.3) is 0 Å². The van der Waals surface area contributed by atoms with Gasteiger partial charge >= 0.3 is 12.0 Å².